The Labute approximate surface area is 177 Å². The van der Waals surface area contributed by atoms with Crippen molar-refractivity contribution in [1.82, 2.24) is 4.90 Å². The van der Waals surface area contributed by atoms with Crippen LogP contribution in [-0.2, 0) is 9.59 Å². The van der Waals surface area contributed by atoms with Crippen molar-refractivity contribution in [2.24, 2.45) is 0 Å². The first-order chi connectivity index (χ1) is 14.9. The smallest absolute Gasteiger partial charge is 0.295 e. The van der Waals surface area contributed by atoms with Crippen LogP contribution in [0.15, 0.2) is 54.1 Å². The van der Waals surface area contributed by atoms with Crippen LogP contribution in [0.5, 0.6) is 0 Å². The number of nitrogens with zero attached hydrogens (tertiary/aromatic N) is 2. The van der Waals surface area contributed by atoms with Crippen molar-refractivity contribution < 1.29 is 24.0 Å². The molecule has 0 aromatic heterocycles. The number of carbonyl (C=O) groups excluding carboxylic acids is 2. The summed E-state index contributed by atoms with van der Waals surface area (Å²) in [5.74, 6) is -2.84. The van der Waals surface area contributed by atoms with Gasteiger partial charge in [-0.1, -0.05) is 49.6 Å². The maximum atomic E-state index is 14.8. The van der Waals surface area contributed by atoms with E-state index in [1.165, 1.54) is 41.3 Å². The summed E-state index contributed by atoms with van der Waals surface area (Å²) >= 11 is 0. The normalized spacial score (nSPS) is 21.5. The number of aliphatic hydroxyl groups is 1. The lowest BCUT2D eigenvalue weighted by Crippen LogP contribution is -2.40. The molecule has 1 atom stereocenters. The number of hydrogen-bond acceptors (Lipinski definition) is 5. The summed E-state index contributed by atoms with van der Waals surface area (Å²) in [5.41, 5.74) is -0.384. The second-order valence-corrected chi connectivity index (χ2v) is 7.83. The first kappa shape index (κ1) is 20.7. The van der Waals surface area contributed by atoms with Gasteiger partial charge in [0.1, 0.15) is 11.6 Å². The molecule has 4 rings (SSSR count). The lowest BCUT2D eigenvalue weighted by atomic mass is 9.90. The van der Waals surface area contributed by atoms with Crippen molar-refractivity contribution in [2.45, 2.75) is 44.2 Å². The Morgan fingerprint density at radius 1 is 1.06 bits per heavy atom. The summed E-state index contributed by atoms with van der Waals surface area (Å²) < 4.78 is 14.8. The third kappa shape index (κ3) is 3.69. The first-order valence-corrected chi connectivity index (χ1v) is 10.2. The van der Waals surface area contributed by atoms with Crippen molar-refractivity contribution in [3.05, 3.63) is 81.2 Å². The minimum Gasteiger partial charge on any atom is -0.507 e. The van der Waals surface area contributed by atoms with Crippen molar-refractivity contribution in [3.63, 3.8) is 0 Å². The molecule has 2 aromatic carbocycles. The van der Waals surface area contributed by atoms with Gasteiger partial charge in [-0.3, -0.25) is 19.7 Å². The molecule has 7 nitrogen and oxygen atoms in total. The number of rotatable bonds is 4. The molecule has 1 N–H and O–H groups in total. The fourth-order valence-corrected chi connectivity index (χ4v) is 4.51. The second-order valence-electron chi connectivity index (χ2n) is 7.83. The van der Waals surface area contributed by atoms with Crippen LogP contribution in [0.3, 0.4) is 0 Å². The molecule has 1 heterocycles. The number of Topliss-reactive ketones (excluding diaryl/α,β-unsaturated/α-hetero) is 1. The molecule has 1 aliphatic heterocycles. The van der Waals surface area contributed by atoms with Gasteiger partial charge in [-0.05, 0) is 18.9 Å². The Morgan fingerprint density at radius 3 is 2.45 bits per heavy atom. The molecule has 1 aliphatic carbocycles. The second kappa shape index (κ2) is 8.29. The van der Waals surface area contributed by atoms with E-state index in [2.05, 4.69) is 0 Å². The zero-order valence-corrected chi connectivity index (χ0v) is 16.7. The number of hydrogen-bond donors (Lipinski definition) is 1. The van der Waals surface area contributed by atoms with E-state index in [9.17, 15) is 29.2 Å². The zero-order valence-electron chi connectivity index (χ0n) is 16.7. The van der Waals surface area contributed by atoms with Gasteiger partial charge in [-0.25, -0.2) is 4.39 Å². The molecule has 2 fully saturated rings. The standard InChI is InChI=1S/C23H21FN2O5/c24-18-12-5-4-11-17(18)20-19(21(27)14-7-6-10-16(13-14)26(30)31)22(28)23(29)25(20)15-8-2-1-3-9-15/h4-7,10-13,15,20,27H,1-3,8-9H2/b21-19+. The molecule has 1 saturated carbocycles. The van der Waals surface area contributed by atoms with Gasteiger partial charge in [0.05, 0.1) is 16.5 Å². The molecule has 2 aliphatic rings. The largest absolute Gasteiger partial charge is 0.507 e. The van der Waals surface area contributed by atoms with Gasteiger partial charge in [-0.15, -0.1) is 0 Å². The van der Waals surface area contributed by atoms with E-state index < -0.39 is 34.2 Å². The van der Waals surface area contributed by atoms with E-state index in [0.29, 0.717) is 12.8 Å². The number of amides is 1. The zero-order chi connectivity index (χ0) is 22.1. The lowest BCUT2D eigenvalue weighted by molar-refractivity contribution is -0.384. The number of halogens is 1. The number of non-ortho nitro benzene ring substituents is 1. The highest BCUT2D eigenvalue weighted by Crippen LogP contribution is 2.43. The van der Waals surface area contributed by atoms with E-state index >= 15 is 0 Å². The molecule has 1 amide bonds. The lowest BCUT2D eigenvalue weighted by Gasteiger charge is -2.35. The molecule has 160 valence electrons. The molecule has 0 radical (unpaired) electrons. The molecule has 8 heteroatoms. The Bertz CT molecular complexity index is 1090. The van der Waals surface area contributed by atoms with Crippen molar-refractivity contribution in [3.8, 4) is 0 Å². The molecule has 0 bridgehead atoms. The Kier molecular flexibility index (Phi) is 5.54. The first-order valence-electron chi connectivity index (χ1n) is 10.2. The van der Waals surface area contributed by atoms with Crippen LogP contribution < -0.4 is 0 Å². The van der Waals surface area contributed by atoms with E-state index in [0.717, 1.165) is 25.3 Å². The maximum absolute atomic E-state index is 14.8. The number of ketones is 1. The van der Waals surface area contributed by atoms with Crippen molar-refractivity contribution in [2.75, 3.05) is 0 Å². The summed E-state index contributed by atoms with van der Waals surface area (Å²) in [6, 6.07) is 9.67. The van der Waals surface area contributed by atoms with Gasteiger partial charge >= 0.3 is 0 Å². The Hall–Kier alpha value is -3.55. The minimum absolute atomic E-state index is 0.0252. The molecule has 0 spiro atoms. The SMILES string of the molecule is O=C1C(=O)N(C2CCCCC2)C(c2ccccc2F)/C1=C(\O)c1cccc([N+](=O)[O-])c1. The number of likely N-dealkylation sites (tertiary alicyclic amines) is 1. The number of aliphatic hydroxyl groups excluding tert-OH is 1. The average molecular weight is 424 g/mol. The van der Waals surface area contributed by atoms with E-state index in [1.54, 1.807) is 6.07 Å². The summed E-state index contributed by atoms with van der Waals surface area (Å²) in [5, 5.41) is 22.1. The topological polar surface area (TPSA) is 101 Å². The number of benzene rings is 2. The van der Waals surface area contributed by atoms with Crippen LogP contribution in [0, 0.1) is 15.9 Å². The van der Waals surface area contributed by atoms with Gasteiger partial charge in [0.2, 0.25) is 0 Å². The predicted molar refractivity (Wildman–Crippen MR) is 111 cm³/mol. The monoisotopic (exact) mass is 424 g/mol. The van der Waals surface area contributed by atoms with Crippen molar-refractivity contribution >= 4 is 23.1 Å². The van der Waals surface area contributed by atoms with Gasteiger partial charge < -0.3 is 10.0 Å². The molecule has 1 unspecified atom stereocenters. The number of carbonyl (C=O) groups is 2. The van der Waals surface area contributed by atoms with Crippen LogP contribution in [0.1, 0.15) is 49.3 Å². The number of nitro groups is 1. The van der Waals surface area contributed by atoms with E-state index in [1.807, 2.05) is 0 Å². The van der Waals surface area contributed by atoms with Gasteiger partial charge in [0, 0.05) is 29.3 Å². The van der Waals surface area contributed by atoms with Gasteiger partial charge in [-0.2, -0.15) is 0 Å². The van der Waals surface area contributed by atoms with Gasteiger partial charge in [0.15, 0.2) is 0 Å². The maximum Gasteiger partial charge on any atom is 0.295 e. The highest BCUT2D eigenvalue weighted by atomic mass is 19.1. The fourth-order valence-electron chi connectivity index (χ4n) is 4.51. The molecule has 1 saturated heterocycles. The quantitative estimate of drug-likeness (QED) is 0.256. The Balaban J connectivity index is 1.90. The summed E-state index contributed by atoms with van der Waals surface area (Å²) in [6.45, 7) is 0. The van der Waals surface area contributed by atoms with Crippen molar-refractivity contribution in [1.29, 1.82) is 0 Å². The third-order valence-corrected chi connectivity index (χ3v) is 5.98. The fraction of sp³-hybridized carbons (Fsp3) is 0.304. The van der Waals surface area contributed by atoms with Gasteiger partial charge in [0.25, 0.3) is 17.4 Å². The van der Waals surface area contributed by atoms with E-state index in [-0.39, 0.29) is 28.4 Å². The summed E-state index contributed by atoms with van der Waals surface area (Å²) in [6.07, 6.45) is 4.19. The van der Waals surface area contributed by atoms with Crippen LogP contribution in [0.2, 0.25) is 0 Å². The van der Waals surface area contributed by atoms with Crippen LogP contribution in [0.4, 0.5) is 10.1 Å². The van der Waals surface area contributed by atoms with E-state index in [4.69, 9.17) is 0 Å². The highest BCUT2D eigenvalue weighted by Gasteiger charge is 2.49. The highest BCUT2D eigenvalue weighted by molar-refractivity contribution is 6.46. The molecule has 2 aromatic rings. The van der Waals surface area contributed by atoms with Crippen LogP contribution >= 0.6 is 0 Å². The predicted octanol–water partition coefficient (Wildman–Crippen LogP) is 4.49. The summed E-state index contributed by atoms with van der Waals surface area (Å²) in [4.78, 5) is 37.9. The number of nitro benzene ring substituents is 1. The third-order valence-electron chi connectivity index (χ3n) is 5.98. The molecular weight excluding hydrogens is 403 g/mol. The molecule has 31 heavy (non-hydrogen) atoms. The van der Waals surface area contributed by atoms with Crippen LogP contribution in [0.25, 0.3) is 5.76 Å². The van der Waals surface area contributed by atoms with Crippen LogP contribution in [-0.4, -0.2) is 32.7 Å². The minimum atomic E-state index is -1.09. The average Bonchev–Trinajstić information content (AvgIpc) is 3.04. The molecular formula is C23H21FN2O5. The summed E-state index contributed by atoms with van der Waals surface area (Å²) in [7, 11) is 0. The Morgan fingerprint density at radius 2 is 1.77 bits per heavy atom.